The number of phenolic OH excluding ortho intramolecular Hbond substituents is 1. The summed E-state index contributed by atoms with van der Waals surface area (Å²) in [6.45, 7) is 19.9. The van der Waals surface area contributed by atoms with Crippen LogP contribution < -0.4 is 0 Å². The van der Waals surface area contributed by atoms with Gasteiger partial charge in [0.15, 0.2) is 0 Å². The molecule has 16 heteroatoms. The van der Waals surface area contributed by atoms with E-state index in [1.807, 2.05) is 19.1 Å². The smallest absolute Gasteiger partial charge is 0.508 e. The van der Waals surface area contributed by atoms with Gasteiger partial charge in [-0.05, 0) is 85.6 Å². The van der Waals surface area contributed by atoms with Crippen LogP contribution in [0.3, 0.4) is 0 Å². The molecule has 0 saturated carbocycles. The van der Waals surface area contributed by atoms with E-state index < -0.39 is 29.9 Å². The lowest BCUT2D eigenvalue weighted by Crippen LogP contribution is -2.24. The molecule has 2 aromatic carbocycles. The van der Waals surface area contributed by atoms with Crippen molar-refractivity contribution in [1.29, 1.82) is 0 Å². The summed E-state index contributed by atoms with van der Waals surface area (Å²) in [4.78, 5) is 41.3. The molecule has 0 bridgehead atoms. The summed E-state index contributed by atoms with van der Waals surface area (Å²) in [5.74, 6) is -0.387. The van der Waals surface area contributed by atoms with Crippen LogP contribution in [0.4, 0.5) is 14.4 Å². The van der Waals surface area contributed by atoms with Crippen LogP contribution in [-0.2, 0) is 55.2 Å². The summed E-state index contributed by atoms with van der Waals surface area (Å²) < 4.78 is 30.7. The van der Waals surface area contributed by atoms with Crippen molar-refractivity contribution in [3.05, 3.63) is 65.2 Å². The average Bonchev–Trinajstić information content (AvgIpc) is 3.19. The van der Waals surface area contributed by atoms with Crippen LogP contribution in [0.2, 0.25) is 0 Å². The lowest BCUT2D eigenvalue weighted by molar-refractivity contribution is -0.147. The SMILES string of the molecule is C.C.CCC(C)(C)c1ccc(CCC(C)(C)C(=O)O)cc1.CCC(C)(C)c1ccc(O)cc1.CCCOC(=O)OC.COCCOC(=O)O.COCCOC(=O)OCCO.O. The first-order valence-electron chi connectivity index (χ1n) is 19.2. The number of benzene rings is 2. The van der Waals surface area contributed by atoms with Gasteiger partial charge >= 0.3 is 24.4 Å². The van der Waals surface area contributed by atoms with Gasteiger partial charge in [-0.3, -0.25) is 4.79 Å². The minimum Gasteiger partial charge on any atom is -0.508 e. The molecule has 0 aliphatic heterocycles. The molecule has 0 atom stereocenters. The molecule has 0 radical (unpaired) electrons. The number of carbonyl (C=O) groups is 4. The number of aliphatic hydroxyl groups excluding tert-OH is 1. The summed E-state index contributed by atoms with van der Waals surface area (Å²) in [6, 6.07) is 16.1. The Balaban J connectivity index is -0.000000160. The first-order chi connectivity index (χ1) is 27.1. The minimum atomic E-state index is -1.26. The minimum absolute atomic E-state index is 0. The summed E-state index contributed by atoms with van der Waals surface area (Å²) >= 11 is 0. The molecule has 61 heavy (non-hydrogen) atoms. The summed E-state index contributed by atoms with van der Waals surface area (Å²) in [6.07, 6.45) is 1.88. The number of aliphatic hydroxyl groups is 1. The zero-order chi connectivity index (χ0) is 45.2. The van der Waals surface area contributed by atoms with E-state index in [2.05, 4.69) is 99.0 Å². The van der Waals surface area contributed by atoms with Gasteiger partial charge in [0.25, 0.3) is 0 Å². The second kappa shape index (κ2) is 39.5. The zero-order valence-corrected chi connectivity index (χ0v) is 37.4. The maximum absolute atomic E-state index is 11.1. The summed E-state index contributed by atoms with van der Waals surface area (Å²) in [5, 5.41) is 34.3. The van der Waals surface area contributed by atoms with Gasteiger partial charge in [0.05, 0.1) is 39.0 Å². The van der Waals surface area contributed by atoms with E-state index >= 15 is 0 Å². The topological polar surface area (TPSA) is 245 Å². The van der Waals surface area contributed by atoms with E-state index in [1.165, 1.54) is 38.0 Å². The Morgan fingerprint density at radius 2 is 1.00 bits per heavy atom. The fraction of sp³-hybridized carbons (Fsp3) is 0.644. The highest BCUT2D eigenvalue weighted by Gasteiger charge is 2.26. The maximum Gasteiger partial charge on any atom is 0.508 e. The monoisotopic (exact) mass is 879 g/mol. The van der Waals surface area contributed by atoms with Crippen LogP contribution in [0, 0.1) is 5.41 Å². The first-order valence-corrected chi connectivity index (χ1v) is 19.2. The van der Waals surface area contributed by atoms with Gasteiger partial charge in [0.1, 0.15) is 25.6 Å². The number of rotatable bonds is 18. The molecule has 0 amide bonds. The van der Waals surface area contributed by atoms with Crippen molar-refractivity contribution in [2.24, 2.45) is 5.41 Å². The molecule has 0 aliphatic carbocycles. The number of aliphatic carboxylic acids is 1. The third-order valence-electron chi connectivity index (χ3n) is 8.69. The molecule has 0 unspecified atom stereocenters. The molecule has 0 fully saturated rings. The van der Waals surface area contributed by atoms with E-state index in [4.69, 9.17) is 20.4 Å². The van der Waals surface area contributed by atoms with Crippen LogP contribution in [0.25, 0.3) is 0 Å². The van der Waals surface area contributed by atoms with Crippen LogP contribution in [0.1, 0.15) is 120 Å². The third-order valence-corrected chi connectivity index (χ3v) is 8.69. The number of carbonyl (C=O) groups excluding carboxylic acids is 2. The normalized spacial score (nSPS) is 10.0. The van der Waals surface area contributed by atoms with Gasteiger partial charge in [-0.25, -0.2) is 14.4 Å². The van der Waals surface area contributed by atoms with Crippen molar-refractivity contribution < 1.29 is 78.2 Å². The van der Waals surface area contributed by atoms with Gasteiger partial charge in [0, 0.05) is 14.2 Å². The molecule has 0 saturated heterocycles. The Labute approximate surface area is 366 Å². The van der Waals surface area contributed by atoms with E-state index in [0.29, 0.717) is 32.0 Å². The van der Waals surface area contributed by atoms with Crippen molar-refractivity contribution in [2.45, 2.75) is 120 Å². The number of carboxylic acids is 1. The Morgan fingerprint density at radius 3 is 1.36 bits per heavy atom. The van der Waals surface area contributed by atoms with Crippen molar-refractivity contribution in [3.8, 4) is 5.75 Å². The number of hydrogen-bond acceptors (Lipinski definition) is 13. The first kappa shape index (κ1) is 68.1. The number of hydrogen-bond donors (Lipinski definition) is 4. The number of phenols is 1. The molecule has 2 aromatic rings. The molecule has 0 spiro atoms. The fourth-order valence-electron chi connectivity index (χ4n) is 3.84. The quantitative estimate of drug-likeness (QED) is 0.0619. The van der Waals surface area contributed by atoms with Crippen LogP contribution in [-0.4, -0.2) is 118 Å². The van der Waals surface area contributed by atoms with Gasteiger partial charge in [-0.15, -0.1) is 0 Å². The highest BCUT2D eigenvalue weighted by Crippen LogP contribution is 2.29. The van der Waals surface area contributed by atoms with Gasteiger partial charge in [-0.2, -0.15) is 0 Å². The molecule has 16 nitrogen and oxygen atoms in total. The Morgan fingerprint density at radius 1 is 0.590 bits per heavy atom. The molecule has 0 aromatic heterocycles. The average molecular weight is 879 g/mol. The molecular weight excluding hydrogens is 796 g/mol. The van der Waals surface area contributed by atoms with E-state index in [0.717, 1.165) is 25.7 Å². The number of ether oxygens (including phenoxy) is 7. The summed E-state index contributed by atoms with van der Waals surface area (Å²) in [5.41, 5.74) is 3.61. The highest BCUT2D eigenvalue weighted by atomic mass is 16.7. The molecule has 2 rings (SSSR count). The van der Waals surface area contributed by atoms with Gasteiger partial charge in [0.2, 0.25) is 0 Å². The van der Waals surface area contributed by atoms with E-state index in [1.54, 1.807) is 26.0 Å². The third kappa shape index (κ3) is 36.9. The lowest BCUT2D eigenvalue weighted by atomic mass is 9.81. The molecule has 0 aliphatic rings. The van der Waals surface area contributed by atoms with Crippen molar-refractivity contribution >= 4 is 24.4 Å². The zero-order valence-electron chi connectivity index (χ0n) is 37.4. The van der Waals surface area contributed by atoms with Gasteiger partial charge < -0.3 is 59.1 Å². The Hall–Kier alpha value is -4.64. The van der Waals surface area contributed by atoms with Gasteiger partial charge in [-0.1, -0.05) is 99.7 Å². The largest absolute Gasteiger partial charge is 0.508 e. The van der Waals surface area contributed by atoms with Crippen molar-refractivity contribution in [3.63, 3.8) is 0 Å². The standard InChI is InChI=1S/C17H26O2.C11H16O.C6H12O5.C5H10O3.C4H8O4.2CH4.H2O/c1-6-16(2,3)14-9-7-13(8-10-14)11-12-17(4,5)15(18)19;1-4-11(2,3)9-5-7-10(12)8-6-9;1-9-4-5-11-6(8)10-3-2-7;1-3-4-8-5(6)7-2;1-7-2-3-8-4(5)6;;;/h7-10H,6,11-12H2,1-5H3,(H,18,19);5-8,12H,4H2,1-3H3;7H,2-5H2,1H3;3-4H2,1-2H3;2-3H2,1H3,(H,5,6);2*1H4;1H2. The highest BCUT2D eigenvalue weighted by molar-refractivity contribution is 5.73. The number of methoxy groups -OCH3 is 3. The number of carboxylic acid groups (broad SMARTS) is 2. The molecular formula is C45H82O16. The second-order valence-corrected chi connectivity index (χ2v) is 14.5. The number of aryl methyl sites for hydroxylation is 1. The maximum atomic E-state index is 11.1. The van der Waals surface area contributed by atoms with Crippen molar-refractivity contribution in [1.82, 2.24) is 0 Å². The van der Waals surface area contributed by atoms with E-state index in [-0.39, 0.29) is 57.6 Å². The Bertz CT molecular complexity index is 1360. The molecule has 6 N–H and O–H groups in total. The summed E-state index contributed by atoms with van der Waals surface area (Å²) in [7, 11) is 4.27. The van der Waals surface area contributed by atoms with Crippen LogP contribution in [0.5, 0.6) is 5.75 Å². The van der Waals surface area contributed by atoms with Crippen LogP contribution in [0.15, 0.2) is 48.5 Å². The predicted octanol–water partition coefficient (Wildman–Crippen LogP) is 9.23. The van der Waals surface area contributed by atoms with Crippen molar-refractivity contribution in [2.75, 3.05) is 67.6 Å². The lowest BCUT2D eigenvalue weighted by Gasteiger charge is -2.24. The Kier molecular flexibility index (Phi) is 44.1. The fourth-order valence-corrected chi connectivity index (χ4v) is 3.84. The number of aromatic hydroxyl groups is 1. The molecule has 358 valence electrons. The predicted molar refractivity (Wildman–Crippen MR) is 239 cm³/mol. The molecule has 0 heterocycles. The van der Waals surface area contributed by atoms with Crippen LogP contribution >= 0.6 is 0 Å². The van der Waals surface area contributed by atoms with E-state index in [9.17, 15) is 19.2 Å². The second-order valence-electron chi connectivity index (χ2n) is 14.5.